The van der Waals surface area contributed by atoms with Gasteiger partial charge < -0.3 is 10.4 Å². The van der Waals surface area contributed by atoms with E-state index in [0.29, 0.717) is 17.5 Å². The molecule has 1 aliphatic rings. The maximum Gasteiger partial charge on any atom is 0.277 e. The van der Waals surface area contributed by atoms with E-state index in [-0.39, 0.29) is 42.3 Å². The van der Waals surface area contributed by atoms with Gasteiger partial charge in [-0.2, -0.15) is 0 Å². The molecule has 1 fully saturated rings. The summed E-state index contributed by atoms with van der Waals surface area (Å²) >= 11 is 0. The molecule has 1 aliphatic heterocycles. The van der Waals surface area contributed by atoms with Crippen molar-refractivity contribution in [1.29, 1.82) is 0 Å². The van der Waals surface area contributed by atoms with Gasteiger partial charge in [0.15, 0.2) is 0 Å². The van der Waals surface area contributed by atoms with Crippen LogP contribution in [0.15, 0.2) is 24.3 Å². The van der Waals surface area contributed by atoms with Crippen molar-refractivity contribution in [3.8, 4) is 5.75 Å². The van der Waals surface area contributed by atoms with E-state index < -0.39 is 4.92 Å². The second-order valence-corrected chi connectivity index (χ2v) is 5.88. The fraction of sp³-hybridized carbons (Fsp3) is 0.500. The number of halogens is 2. The number of nitrogens with zero attached hydrogens (tertiary/aromatic N) is 2. The van der Waals surface area contributed by atoms with Crippen LogP contribution < -0.4 is 5.32 Å². The third-order valence-electron chi connectivity index (χ3n) is 4.06. The predicted molar refractivity (Wildman–Crippen MR) is 101 cm³/mol. The van der Waals surface area contributed by atoms with Gasteiger partial charge in [0.25, 0.3) is 5.69 Å². The number of benzene rings is 1. The van der Waals surface area contributed by atoms with Gasteiger partial charge in [-0.05, 0) is 31.9 Å². The molecule has 1 aromatic carbocycles. The van der Waals surface area contributed by atoms with Crippen molar-refractivity contribution in [3.63, 3.8) is 0 Å². The SMILES string of the molecule is C=C(C)C[C@H](c1c([N+](=O)[O-])ccc(C)c1O)N1CCNCC1.Cl.Cl. The highest BCUT2D eigenvalue weighted by atomic mass is 35.5. The summed E-state index contributed by atoms with van der Waals surface area (Å²) in [4.78, 5) is 13.2. The van der Waals surface area contributed by atoms with Gasteiger partial charge in [0.05, 0.1) is 10.5 Å². The number of hydrogen-bond acceptors (Lipinski definition) is 5. The van der Waals surface area contributed by atoms with Gasteiger partial charge in [0, 0.05) is 38.3 Å². The Bertz CT molecular complexity index is 590. The lowest BCUT2D eigenvalue weighted by molar-refractivity contribution is -0.386. The third kappa shape index (κ3) is 5.08. The standard InChI is InChI=1S/C16H23N3O3.2ClH/c1-11(2)10-14(18-8-6-17-7-9-18)15-13(19(21)22)5-4-12(3)16(15)20;;/h4-5,14,17,20H,1,6-10H2,2-3H3;2*1H/t14-;;/m1../s1. The second kappa shape index (κ2) is 9.84. The summed E-state index contributed by atoms with van der Waals surface area (Å²) in [6.45, 7) is 10.9. The van der Waals surface area contributed by atoms with Gasteiger partial charge in [-0.15, -0.1) is 31.4 Å². The molecule has 0 aliphatic carbocycles. The van der Waals surface area contributed by atoms with Crippen LogP contribution in [0.2, 0.25) is 0 Å². The molecule has 0 bridgehead atoms. The molecule has 24 heavy (non-hydrogen) atoms. The van der Waals surface area contributed by atoms with E-state index in [1.54, 1.807) is 13.0 Å². The monoisotopic (exact) mass is 377 g/mol. The summed E-state index contributed by atoms with van der Waals surface area (Å²) in [5.41, 5.74) is 1.99. The van der Waals surface area contributed by atoms with E-state index >= 15 is 0 Å². The molecule has 0 aromatic heterocycles. The highest BCUT2D eigenvalue weighted by Gasteiger charge is 2.31. The number of hydrogen-bond donors (Lipinski definition) is 2. The van der Waals surface area contributed by atoms with Crippen LogP contribution in [0.3, 0.4) is 0 Å². The summed E-state index contributed by atoms with van der Waals surface area (Å²) in [6.07, 6.45) is 0.595. The number of aromatic hydroxyl groups is 1. The van der Waals surface area contributed by atoms with E-state index in [2.05, 4.69) is 16.8 Å². The first-order valence-corrected chi connectivity index (χ1v) is 7.47. The fourth-order valence-electron chi connectivity index (χ4n) is 2.93. The van der Waals surface area contributed by atoms with Crippen LogP contribution in [0.25, 0.3) is 0 Å². The van der Waals surface area contributed by atoms with Crippen molar-refractivity contribution in [1.82, 2.24) is 10.2 Å². The molecule has 0 unspecified atom stereocenters. The first-order valence-electron chi connectivity index (χ1n) is 7.47. The normalized spacial score (nSPS) is 15.8. The molecule has 8 heteroatoms. The Morgan fingerprint density at radius 1 is 1.42 bits per heavy atom. The highest BCUT2D eigenvalue weighted by Crippen LogP contribution is 2.41. The van der Waals surface area contributed by atoms with E-state index in [4.69, 9.17) is 0 Å². The number of phenolic OH excluding ortho intramolecular Hbond substituents is 1. The zero-order valence-electron chi connectivity index (χ0n) is 13.9. The van der Waals surface area contributed by atoms with Crippen molar-refractivity contribution >= 4 is 30.5 Å². The third-order valence-corrected chi connectivity index (χ3v) is 4.06. The van der Waals surface area contributed by atoms with Crippen molar-refractivity contribution in [3.05, 3.63) is 45.5 Å². The Morgan fingerprint density at radius 2 is 2.00 bits per heavy atom. The van der Waals surface area contributed by atoms with E-state index in [1.807, 2.05) is 6.92 Å². The molecule has 1 heterocycles. The Hall–Kier alpha value is -1.34. The summed E-state index contributed by atoms with van der Waals surface area (Å²) in [5, 5.41) is 25.1. The van der Waals surface area contributed by atoms with Crippen molar-refractivity contribution < 1.29 is 10.0 Å². The van der Waals surface area contributed by atoms with Crippen LogP contribution in [0.5, 0.6) is 5.75 Å². The number of aryl methyl sites for hydroxylation is 1. The fourth-order valence-corrected chi connectivity index (χ4v) is 2.93. The molecule has 2 N–H and O–H groups in total. The lowest BCUT2D eigenvalue weighted by atomic mass is 9.94. The smallest absolute Gasteiger partial charge is 0.277 e. The maximum absolute atomic E-state index is 11.4. The lowest BCUT2D eigenvalue weighted by Crippen LogP contribution is -2.45. The highest BCUT2D eigenvalue weighted by molar-refractivity contribution is 5.85. The molecule has 0 amide bonds. The number of nitro groups is 1. The van der Waals surface area contributed by atoms with Crippen LogP contribution >= 0.6 is 24.8 Å². The summed E-state index contributed by atoms with van der Waals surface area (Å²) < 4.78 is 0. The number of nitrogens with one attached hydrogen (secondary N) is 1. The molecule has 0 saturated carbocycles. The molecule has 136 valence electrons. The molecule has 0 spiro atoms. The summed E-state index contributed by atoms with van der Waals surface area (Å²) in [7, 11) is 0. The summed E-state index contributed by atoms with van der Waals surface area (Å²) in [6, 6.07) is 2.85. The largest absolute Gasteiger partial charge is 0.507 e. The number of piperazine rings is 1. The van der Waals surface area contributed by atoms with Crippen LogP contribution in [-0.2, 0) is 0 Å². The minimum atomic E-state index is -0.415. The second-order valence-electron chi connectivity index (χ2n) is 5.88. The Morgan fingerprint density at radius 3 is 2.50 bits per heavy atom. The van der Waals surface area contributed by atoms with Crippen molar-refractivity contribution in [2.75, 3.05) is 26.2 Å². The van der Waals surface area contributed by atoms with Gasteiger partial charge in [-0.3, -0.25) is 15.0 Å². The molecule has 0 radical (unpaired) electrons. The first-order chi connectivity index (χ1) is 10.4. The van der Waals surface area contributed by atoms with E-state index in [0.717, 1.165) is 31.8 Å². The summed E-state index contributed by atoms with van der Waals surface area (Å²) in [5.74, 6) is 0.0268. The molecule has 2 rings (SSSR count). The number of rotatable bonds is 5. The van der Waals surface area contributed by atoms with Crippen molar-refractivity contribution in [2.24, 2.45) is 0 Å². The van der Waals surface area contributed by atoms with Crippen LogP contribution in [0.4, 0.5) is 5.69 Å². The van der Waals surface area contributed by atoms with E-state index in [1.165, 1.54) is 6.07 Å². The molecular formula is C16H25Cl2N3O3. The van der Waals surface area contributed by atoms with Gasteiger partial charge in [0.1, 0.15) is 5.75 Å². The van der Waals surface area contributed by atoms with Gasteiger partial charge in [-0.1, -0.05) is 5.57 Å². The van der Waals surface area contributed by atoms with Gasteiger partial charge in [-0.25, -0.2) is 0 Å². The van der Waals surface area contributed by atoms with Crippen LogP contribution in [-0.4, -0.2) is 41.1 Å². The molecule has 1 aromatic rings. The molecule has 1 atom stereocenters. The minimum absolute atomic E-state index is 0. The van der Waals surface area contributed by atoms with E-state index in [9.17, 15) is 15.2 Å². The van der Waals surface area contributed by atoms with Gasteiger partial charge in [0.2, 0.25) is 0 Å². The molecule has 6 nitrogen and oxygen atoms in total. The first kappa shape index (κ1) is 22.7. The predicted octanol–water partition coefficient (Wildman–Crippen LogP) is 3.36. The minimum Gasteiger partial charge on any atom is -0.507 e. The average molecular weight is 378 g/mol. The molecular weight excluding hydrogens is 353 g/mol. The Balaban J connectivity index is 0.00000264. The quantitative estimate of drug-likeness (QED) is 0.467. The number of nitro benzene ring substituents is 1. The topological polar surface area (TPSA) is 78.6 Å². The lowest BCUT2D eigenvalue weighted by Gasteiger charge is -2.35. The Kier molecular flexibility index (Phi) is 9.29. The zero-order chi connectivity index (χ0) is 16.3. The van der Waals surface area contributed by atoms with Gasteiger partial charge >= 0.3 is 0 Å². The molecule has 1 saturated heterocycles. The zero-order valence-corrected chi connectivity index (χ0v) is 15.6. The Labute approximate surface area is 154 Å². The van der Waals surface area contributed by atoms with Crippen LogP contribution in [0, 0.1) is 17.0 Å². The van der Waals surface area contributed by atoms with Crippen LogP contribution in [0.1, 0.15) is 30.5 Å². The van der Waals surface area contributed by atoms with Crippen molar-refractivity contribution in [2.45, 2.75) is 26.3 Å². The number of phenols is 1. The average Bonchev–Trinajstić information content (AvgIpc) is 2.48. The maximum atomic E-state index is 11.4.